The van der Waals surface area contributed by atoms with Crippen LogP contribution in [0.1, 0.15) is 39.1 Å². The molecule has 6 nitrogen and oxygen atoms in total. The Morgan fingerprint density at radius 3 is 2.00 bits per heavy atom. The van der Waals surface area contributed by atoms with Gasteiger partial charge in [0.15, 0.2) is 0 Å². The van der Waals surface area contributed by atoms with Crippen molar-refractivity contribution in [3.63, 3.8) is 0 Å². The fraction of sp³-hybridized carbons (Fsp3) is 0.300. The Kier molecular flexibility index (Phi) is 5.11. The molecule has 0 spiro atoms. The highest BCUT2D eigenvalue weighted by atomic mass is 16.5. The maximum atomic E-state index is 12.5. The van der Waals surface area contributed by atoms with Crippen LogP contribution in [-0.2, 0) is 0 Å². The number of carbonyl (C=O) groups is 2. The summed E-state index contributed by atoms with van der Waals surface area (Å²) in [5.74, 6) is 0.804. The van der Waals surface area contributed by atoms with E-state index in [2.05, 4.69) is 10.6 Å². The Labute approximate surface area is 152 Å². The number of ether oxygens (including phenoxy) is 2. The van der Waals surface area contributed by atoms with Gasteiger partial charge in [-0.3, -0.25) is 9.59 Å². The monoisotopic (exact) mass is 354 g/mol. The van der Waals surface area contributed by atoms with Gasteiger partial charge in [-0.2, -0.15) is 0 Å². The van der Waals surface area contributed by atoms with Crippen molar-refractivity contribution in [2.75, 3.05) is 19.5 Å². The Bertz CT molecular complexity index is 801. The van der Waals surface area contributed by atoms with Gasteiger partial charge in [-0.05, 0) is 56.2 Å². The van der Waals surface area contributed by atoms with Gasteiger partial charge in [-0.25, -0.2) is 0 Å². The second-order valence-corrected chi connectivity index (χ2v) is 6.28. The van der Waals surface area contributed by atoms with E-state index in [0.717, 1.165) is 18.4 Å². The molecule has 1 aliphatic carbocycles. The molecular formula is C20H22N2O4. The van der Waals surface area contributed by atoms with Gasteiger partial charge in [0.1, 0.15) is 11.5 Å². The third-order valence-corrected chi connectivity index (χ3v) is 4.33. The van der Waals surface area contributed by atoms with E-state index < -0.39 is 0 Å². The van der Waals surface area contributed by atoms with Crippen LogP contribution in [0.5, 0.6) is 11.5 Å². The quantitative estimate of drug-likeness (QED) is 0.835. The summed E-state index contributed by atoms with van der Waals surface area (Å²) in [5, 5.41) is 5.75. The first-order valence-electron chi connectivity index (χ1n) is 8.46. The van der Waals surface area contributed by atoms with Crippen molar-refractivity contribution >= 4 is 17.5 Å². The first-order chi connectivity index (χ1) is 12.5. The predicted octanol–water partition coefficient (Wildman–Crippen LogP) is 3.16. The van der Waals surface area contributed by atoms with Crippen LogP contribution in [0.2, 0.25) is 0 Å². The summed E-state index contributed by atoms with van der Waals surface area (Å²) in [4.78, 5) is 24.5. The standard InChI is InChI=1S/C20H22N2O4/c1-12-17(25-2)10-14(11-18(12)26-3)20(24)22-15-6-4-13(5-7-15)19(23)21-16-8-9-16/h4-7,10-11,16H,8-9H2,1-3H3,(H,21,23)(H,22,24). The van der Waals surface area contributed by atoms with Crippen molar-refractivity contribution in [3.05, 3.63) is 53.1 Å². The third-order valence-electron chi connectivity index (χ3n) is 4.33. The summed E-state index contributed by atoms with van der Waals surface area (Å²) in [6.45, 7) is 1.87. The number of nitrogens with one attached hydrogen (secondary N) is 2. The zero-order valence-corrected chi connectivity index (χ0v) is 15.1. The molecule has 136 valence electrons. The van der Waals surface area contributed by atoms with Crippen LogP contribution >= 0.6 is 0 Å². The topological polar surface area (TPSA) is 76.7 Å². The van der Waals surface area contributed by atoms with Crippen LogP contribution in [0.4, 0.5) is 5.69 Å². The van der Waals surface area contributed by atoms with E-state index in [-0.39, 0.29) is 11.8 Å². The average Bonchev–Trinajstić information content (AvgIpc) is 3.46. The summed E-state index contributed by atoms with van der Waals surface area (Å²) in [7, 11) is 3.10. The molecule has 2 amide bonds. The molecule has 0 aliphatic heterocycles. The van der Waals surface area contributed by atoms with Crippen molar-refractivity contribution in [3.8, 4) is 11.5 Å². The number of anilines is 1. The first kappa shape index (κ1) is 17.8. The highest BCUT2D eigenvalue weighted by molar-refractivity contribution is 6.05. The van der Waals surface area contributed by atoms with Crippen LogP contribution in [0, 0.1) is 6.92 Å². The van der Waals surface area contributed by atoms with Gasteiger partial charge in [0.05, 0.1) is 14.2 Å². The largest absolute Gasteiger partial charge is 0.496 e. The lowest BCUT2D eigenvalue weighted by molar-refractivity contribution is 0.0950. The minimum atomic E-state index is -0.281. The van der Waals surface area contributed by atoms with Crippen LogP contribution in [0.15, 0.2) is 36.4 Å². The molecule has 26 heavy (non-hydrogen) atoms. The van der Waals surface area contributed by atoms with Gasteiger partial charge >= 0.3 is 0 Å². The zero-order chi connectivity index (χ0) is 18.7. The summed E-state index contributed by atoms with van der Waals surface area (Å²) >= 11 is 0. The second kappa shape index (κ2) is 7.47. The van der Waals surface area contributed by atoms with E-state index in [4.69, 9.17) is 9.47 Å². The van der Waals surface area contributed by atoms with Gasteiger partial charge < -0.3 is 20.1 Å². The summed E-state index contributed by atoms with van der Waals surface area (Å²) in [5.41, 5.74) is 2.45. The molecule has 0 bridgehead atoms. The van der Waals surface area contributed by atoms with Crippen molar-refractivity contribution in [2.45, 2.75) is 25.8 Å². The number of benzene rings is 2. The lowest BCUT2D eigenvalue weighted by atomic mass is 10.1. The average molecular weight is 354 g/mol. The van der Waals surface area contributed by atoms with E-state index >= 15 is 0 Å². The lowest BCUT2D eigenvalue weighted by Crippen LogP contribution is -2.25. The summed E-state index contributed by atoms with van der Waals surface area (Å²) < 4.78 is 10.6. The highest BCUT2D eigenvalue weighted by Crippen LogP contribution is 2.29. The predicted molar refractivity (Wildman–Crippen MR) is 99.2 cm³/mol. The maximum Gasteiger partial charge on any atom is 0.255 e. The van der Waals surface area contributed by atoms with E-state index in [0.29, 0.717) is 34.4 Å². The van der Waals surface area contributed by atoms with Gasteiger partial charge in [0, 0.05) is 28.4 Å². The number of rotatable bonds is 6. The van der Waals surface area contributed by atoms with Crippen LogP contribution < -0.4 is 20.1 Å². The Morgan fingerprint density at radius 1 is 0.923 bits per heavy atom. The fourth-order valence-electron chi connectivity index (χ4n) is 2.62. The van der Waals surface area contributed by atoms with Crippen LogP contribution in [0.25, 0.3) is 0 Å². The molecule has 0 atom stereocenters. The van der Waals surface area contributed by atoms with E-state index in [1.165, 1.54) is 0 Å². The van der Waals surface area contributed by atoms with E-state index in [1.807, 2.05) is 6.92 Å². The molecule has 0 saturated heterocycles. The van der Waals surface area contributed by atoms with E-state index in [9.17, 15) is 9.59 Å². The number of carbonyl (C=O) groups excluding carboxylic acids is 2. The molecule has 3 rings (SSSR count). The van der Waals surface area contributed by atoms with E-state index in [1.54, 1.807) is 50.6 Å². The number of hydrogen-bond acceptors (Lipinski definition) is 4. The lowest BCUT2D eigenvalue weighted by Gasteiger charge is -2.13. The smallest absolute Gasteiger partial charge is 0.255 e. The molecule has 0 heterocycles. The Hall–Kier alpha value is -3.02. The number of methoxy groups -OCH3 is 2. The third kappa shape index (κ3) is 3.96. The maximum absolute atomic E-state index is 12.5. The number of hydrogen-bond donors (Lipinski definition) is 2. The Morgan fingerprint density at radius 2 is 1.50 bits per heavy atom. The van der Waals surface area contributed by atoms with Crippen LogP contribution in [-0.4, -0.2) is 32.1 Å². The van der Waals surface area contributed by atoms with Crippen molar-refractivity contribution in [1.82, 2.24) is 5.32 Å². The van der Waals surface area contributed by atoms with Gasteiger partial charge in [-0.15, -0.1) is 0 Å². The number of amides is 2. The van der Waals surface area contributed by atoms with Gasteiger partial charge in [0.2, 0.25) is 0 Å². The second-order valence-electron chi connectivity index (χ2n) is 6.28. The molecular weight excluding hydrogens is 332 g/mol. The molecule has 2 aromatic carbocycles. The summed E-state index contributed by atoms with van der Waals surface area (Å²) in [6, 6.07) is 10.5. The molecule has 1 aliphatic rings. The van der Waals surface area contributed by atoms with Gasteiger partial charge in [-0.1, -0.05) is 0 Å². The molecule has 2 aromatic rings. The molecule has 6 heteroatoms. The SMILES string of the molecule is COc1cc(C(=O)Nc2ccc(C(=O)NC3CC3)cc2)cc(OC)c1C. The minimum Gasteiger partial charge on any atom is -0.496 e. The van der Waals surface area contributed by atoms with Crippen LogP contribution in [0.3, 0.4) is 0 Å². The summed E-state index contributed by atoms with van der Waals surface area (Å²) in [6.07, 6.45) is 2.09. The molecule has 0 radical (unpaired) electrons. The first-order valence-corrected chi connectivity index (χ1v) is 8.46. The Balaban J connectivity index is 1.72. The normalized spacial score (nSPS) is 13.0. The van der Waals surface area contributed by atoms with Crippen molar-refractivity contribution < 1.29 is 19.1 Å². The zero-order valence-electron chi connectivity index (χ0n) is 15.1. The molecule has 1 fully saturated rings. The fourth-order valence-corrected chi connectivity index (χ4v) is 2.62. The van der Waals surface area contributed by atoms with Crippen molar-refractivity contribution in [2.24, 2.45) is 0 Å². The van der Waals surface area contributed by atoms with Crippen molar-refractivity contribution in [1.29, 1.82) is 0 Å². The molecule has 0 aromatic heterocycles. The van der Waals surface area contributed by atoms with Gasteiger partial charge in [0.25, 0.3) is 11.8 Å². The molecule has 0 unspecified atom stereocenters. The molecule has 1 saturated carbocycles. The minimum absolute atomic E-state index is 0.0848. The molecule has 2 N–H and O–H groups in total. The highest BCUT2D eigenvalue weighted by Gasteiger charge is 2.23.